The lowest BCUT2D eigenvalue weighted by Crippen LogP contribution is -2.27. The maximum atomic E-state index is 8.91. The van der Waals surface area contributed by atoms with Gasteiger partial charge in [-0.3, -0.25) is 0 Å². The minimum absolute atomic E-state index is 0. The molecule has 3 nitrogen and oxygen atoms in total. The molecule has 2 aromatic rings. The third-order valence-corrected chi connectivity index (χ3v) is 3.36. The highest BCUT2D eigenvalue weighted by atomic mass is 35.5. The summed E-state index contributed by atoms with van der Waals surface area (Å²) in [5.74, 6) is 0. The van der Waals surface area contributed by atoms with Gasteiger partial charge in [0.15, 0.2) is 0 Å². The van der Waals surface area contributed by atoms with E-state index in [0.717, 1.165) is 24.8 Å². The number of aryl methyl sites for hydroxylation is 1. The zero-order valence-electron chi connectivity index (χ0n) is 9.36. The van der Waals surface area contributed by atoms with E-state index in [9.17, 15) is 0 Å². The van der Waals surface area contributed by atoms with Crippen LogP contribution in [0.2, 0.25) is 0 Å². The quantitative estimate of drug-likeness (QED) is 0.750. The van der Waals surface area contributed by atoms with E-state index in [0.29, 0.717) is 5.56 Å². The highest BCUT2D eigenvalue weighted by molar-refractivity contribution is 5.86. The van der Waals surface area contributed by atoms with Gasteiger partial charge in [0.25, 0.3) is 0 Å². The van der Waals surface area contributed by atoms with E-state index in [-0.39, 0.29) is 18.4 Å². The van der Waals surface area contributed by atoms with Gasteiger partial charge in [0, 0.05) is 22.6 Å². The summed E-state index contributed by atoms with van der Waals surface area (Å²) in [6.07, 6.45) is 2.99. The van der Waals surface area contributed by atoms with Gasteiger partial charge in [-0.15, -0.1) is 12.4 Å². The summed E-state index contributed by atoms with van der Waals surface area (Å²) in [7, 11) is 0. The zero-order valence-corrected chi connectivity index (χ0v) is 10.2. The predicted octanol–water partition coefficient (Wildman–Crippen LogP) is 2.28. The number of halogens is 1. The van der Waals surface area contributed by atoms with Crippen molar-refractivity contribution >= 4 is 23.3 Å². The first kappa shape index (κ1) is 12.0. The van der Waals surface area contributed by atoms with Gasteiger partial charge in [-0.2, -0.15) is 5.26 Å². The van der Waals surface area contributed by atoms with Gasteiger partial charge in [0.2, 0.25) is 0 Å². The second-order valence-electron chi connectivity index (χ2n) is 4.46. The van der Waals surface area contributed by atoms with Crippen molar-refractivity contribution in [3.8, 4) is 6.07 Å². The van der Waals surface area contributed by atoms with Gasteiger partial charge in [0.05, 0.1) is 11.6 Å². The first-order chi connectivity index (χ1) is 7.78. The largest absolute Gasteiger partial charge is 0.358 e. The Morgan fingerprint density at radius 3 is 3.00 bits per heavy atom. The Bertz CT molecular complexity index is 594. The van der Waals surface area contributed by atoms with Crippen LogP contribution in [0.5, 0.6) is 0 Å². The summed E-state index contributed by atoms with van der Waals surface area (Å²) in [5, 5.41) is 10.1. The lowest BCUT2D eigenvalue weighted by atomic mass is 9.92. The van der Waals surface area contributed by atoms with Gasteiger partial charge in [-0.25, -0.2) is 0 Å². The molecule has 0 fully saturated rings. The number of H-pyrrole nitrogens is 1. The maximum absolute atomic E-state index is 8.91. The van der Waals surface area contributed by atoms with Crippen LogP contribution in [0.3, 0.4) is 0 Å². The van der Waals surface area contributed by atoms with Crippen molar-refractivity contribution in [3.63, 3.8) is 0 Å². The summed E-state index contributed by atoms with van der Waals surface area (Å²) in [4.78, 5) is 3.42. The molecule has 0 saturated heterocycles. The zero-order chi connectivity index (χ0) is 11.1. The maximum Gasteiger partial charge on any atom is 0.0991 e. The summed E-state index contributed by atoms with van der Waals surface area (Å²) in [6, 6.07) is 8.24. The topological polar surface area (TPSA) is 65.6 Å². The van der Waals surface area contributed by atoms with Gasteiger partial charge in [0.1, 0.15) is 0 Å². The van der Waals surface area contributed by atoms with Gasteiger partial charge >= 0.3 is 0 Å². The van der Waals surface area contributed by atoms with Crippen LogP contribution in [0.15, 0.2) is 18.2 Å². The second-order valence-corrected chi connectivity index (χ2v) is 4.46. The number of aromatic nitrogens is 1. The fraction of sp³-hybridized carbons (Fsp3) is 0.308. The average molecular weight is 248 g/mol. The highest BCUT2D eigenvalue weighted by Gasteiger charge is 2.19. The number of nitrogens with one attached hydrogen (secondary N) is 1. The number of fused-ring (bicyclic) bond motifs is 3. The number of nitrogens with zero attached hydrogens (tertiary/aromatic N) is 1. The minimum atomic E-state index is 0. The molecule has 3 N–H and O–H groups in total. The third kappa shape index (κ3) is 1.90. The summed E-state index contributed by atoms with van der Waals surface area (Å²) < 4.78 is 0. The van der Waals surface area contributed by atoms with E-state index in [1.807, 2.05) is 18.2 Å². The number of nitriles is 1. The molecule has 0 saturated carbocycles. The van der Waals surface area contributed by atoms with Gasteiger partial charge in [-0.05, 0) is 43.0 Å². The number of aromatic amines is 1. The molecule has 0 bridgehead atoms. The Balaban J connectivity index is 0.00000108. The van der Waals surface area contributed by atoms with E-state index in [1.54, 1.807) is 0 Å². The summed E-state index contributed by atoms with van der Waals surface area (Å²) in [6.45, 7) is 0. The van der Waals surface area contributed by atoms with Crippen molar-refractivity contribution < 1.29 is 0 Å². The minimum Gasteiger partial charge on any atom is -0.358 e. The predicted molar refractivity (Wildman–Crippen MR) is 70.3 cm³/mol. The second kappa shape index (κ2) is 4.40. The van der Waals surface area contributed by atoms with Crippen LogP contribution in [-0.4, -0.2) is 11.0 Å². The lowest BCUT2D eigenvalue weighted by Gasteiger charge is -2.18. The fourth-order valence-corrected chi connectivity index (χ4v) is 2.51. The molecule has 0 aliphatic heterocycles. The molecule has 0 spiro atoms. The molecular weight excluding hydrogens is 234 g/mol. The lowest BCUT2D eigenvalue weighted by molar-refractivity contribution is 0.574. The molecular formula is C13H14ClN3. The van der Waals surface area contributed by atoms with Crippen LogP contribution in [-0.2, 0) is 12.8 Å². The average Bonchev–Trinajstić information content (AvgIpc) is 2.66. The van der Waals surface area contributed by atoms with Crippen molar-refractivity contribution in [2.75, 3.05) is 0 Å². The summed E-state index contributed by atoms with van der Waals surface area (Å²) in [5.41, 5.74) is 10.4. The Labute approximate surface area is 106 Å². The molecule has 1 atom stereocenters. The molecule has 3 rings (SSSR count). The monoisotopic (exact) mass is 247 g/mol. The van der Waals surface area contributed by atoms with Crippen molar-refractivity contribution in [2.24, 2.45) is 5.73 Å². The van der Waals surface area contributed by atoms with Crippen molar-refractivity contribution in [1.82, 2.24) is 4.98 Å². The van der Waals surface area contributed by atoms with Crippen LogP contribution >= 0.6 is 12.4 Å². The van der Waals surface area contributed by atoms with Crippen molar-refractivity contribution in [3.05, 3.63) is 35.0 Å². The smallest absolute Gasteiger partial charge is 0.0991 e. The molecule has 1 aromatic carbocycles. The molecule has 1 aliphatic carbocycles. The Morgan fingerprint density at radius 1 is 1.41 bits per heavy atom. The fourth-order valence-electron chi connectivity index (χ4n) is 2.51. The van der Waals surface area contributed by atoms with Crippen molar-refractivity contribution in [2.45, 2.75) is 25.3 Å². The molecule has 4 heteroatoms. The van der Waals surface area contributed by atoms with E-state index < -0.39 is 0 Å². The molecule has 1 aliphatic rings. The molecule has 17 heavy (non-hydrogen) atoms. The van der Waals surface area contributed by atoms with Gasteiger partial charge in [-0.1, -0.05) is 0 Å². The standard InChI is InChI=1S/C13H13N3.ClH/c14-7-8-1-3-12-10(5-8)11-6-9(15)2-4-13(11)16-12;/h1,3,5,9,16H,2,4,6,15H2;1H. The van der Waals surface area contributed by atoms with Gasteiger partial charge < -0.3 is 10.7 Å². The molecule has 88 valence electrons. The molecule has 0 amide bonds. The number of nitrogens with two attached hydrogens (primary N) is 1. The van der Waals surface area contributed by atoms with E-state index >= 15 is 0 Å². The normalized spacial score (nSPS) is 18.2. The third-order valence-electron chi connectivity index (χ3n) is 3.36. The van der Waals surface area contributed by atoms with Crippen LogP contribution in [0, 0.1) is 11.3 Å². The van der Waals surface area contributed by atoms with Crippen LogP contribution in [0.1, 0.15) is 23.2 Å². The number of rotatable bonds is 0. The molecule has 0 radical (unpaired) electrons. The highest BCUT2D eigenvalue weighted by Crippen LogP contribution is 2.29. The number of hydrogen-bond acceptors (Lipinski definition) is 2. The Morgan fingerprint density at radius 2 is 2.24 bits per heavy atom. The molecule has 1 heterocycles. The van der Waals surface area contributed by atoms with Crippen LogP contribution < -0.4 is 5.73 Å². The van der Waals surface area contributed by atoms with Crippen molar-refractivity contribution in [1.29, 1.82) is 5.26 Å². The molecule has 1 unspecified atom stereocenters. The Hall–Kier alpha value is -1.50. The Kier molecular flexibility index (Phi) is 3.10. The SMILES string of the molecule is Cl.N#Cc1ccc2[nH]c3c(c2c1)CC(N)CC3. The van der Waals surface area contributed by atoms with E-state index in [2.05, 4.69) is 11.1 Å². The van der Waals surface area contributed by atoms with E-state index in [4.69, 9.17) is 11.0 Å². The van der Waals surface area contributed by atoms with Crippen LogP contribution in [0.4, 0.5) is 0 Å². The summed E-state index contributed by atoms with van der Waals surface area (Å²) >= 11 is 0. The first-order valence-corrected chi connectivity index (χ1v) is 5.57. The van der Waals surface area contributed by atoms with E-state index in [1.165, 1.54) is 16.6 Å². The number of hydrogen-bond donors (Lipinski definition) is 2. The van der Waals surface area contributed by atoms with Crippen LogP contribution in [0.25, 0.3) is 10.9 Å². The first-order valence-electron chi connectivity index (χ1n) is 5.57. The molecule has 1 aromatic heterocycles. The number of benzene rings is 1.